The van der Waals surface area contributed by atoms with Crippen LogP contribution in [-0.4, -0.2) is 6.56 Å². The molecule has 0 bridgehead atoms. The van der Waals surface area contributed by atoms with E-state index in [1.54, 1.807) is 0 Å². The Morgan fingerprint density at radius 2 is 2.14 bits per heavy atom. The van der Waals surface area contributed by atoms with E-state index in [0.717, 1.165) is 6.56 Å². The molecule has 7 heavy (non-hydrogen) atoms. The summed E-state index contributed by atoms with van der Waals surface area (Å²) in [7, 11) is 0. The predicted molar refractivity (Wildman–Crippen MR) is 40.5 cm³/mol. The molecule has 0 aliphatic heterocycles. The molecule has 0 N–H and O–H groups in total. The van der Waals surface area contributed by atoms with Gasteiger partial charge in [0.2, 0.25) is 0 Å². The summed E-state index contributed by atoms with van der Waals surface area (Å²) in [6.45, 7) is 3.28. The largest absolute Gasteiger partial charge is 0.232 e. The minimum atomic E-state index is 1.06. The average molecular weight is 116 g/mol. The van der Waals surface area contributed by atoms with E-state index in [-0.39, 0.29) is 0 Å². The molecule has 0 aromatic rings. The van der Waals surface area contributed by atoms with Crippen LogP contribution in [0.4, 0.5) is 0 Å². The van der Waals surface area contributed by atoms with Crippen LogP contribution < -0.4 is 0 Å². The third-order valence-corrected chi connectivity index (χ3v) is 1.33. The summed E-state index contributed by atoms with van der Waals surface area (Å²) in [6.07, 6.45) is 5.35. The van der Waals surface area contributed by atoms with E-state index < -0.39 is 0 Å². The van der Waals surface area contributed by atoms with Gasteiger partial charge in [-0.05, 0) is 0 Å². The van der Waals surface area contributed by atoms with Gasteiger partial charge in [0.1, 0.15) is 0 Å². The Bertz CT molecular complexity index is 27.3. The summed E-state index contributed by atoms with van der Waals surface area (Å²) < 4.78 is 0. The van der Waals surface area contributed by atoms with Crippen LogP contribution in [0.5, 0.6) is 0 Å². The highest BCUT2D eigenvalue weighted by Gasteiger charge is 1.82. The molecule has 2 heteroatoms. The molecule has 0 rings (SSSR count). The average Bonchev–Trinajstić information content (AvgIpc) is 1.69. The Morgan fingerprint density at radius 3 is 2.57 bits per heavy atom. The van der Waals surface area contributed by atoms with Gasteiger partial charge in [0, 0.05) is 0 Å². The molecule has 0 aromatic heterocycles. The van der Waals surface area contributed by atoms with Gasteiger partial charge in [0.25, 0.3) is 0 Å². The molecule has 0 nitrogen and oxygen atoms in total. The number of hydrogen-bond acceptors (Lipinski definition) is 1. The van der Waals surface area contributed by atoms with Crippen LogP contribution in [-0.2, 0) is 0 Å². The lowest BCUT2D eigenvalue weighted by Crippen LogP contribution is -1.76. The fraction of sp³-hybridized carbons (Fsp3) is 1.00. The molecule has 0 saturated heterocycles. The van der Waals surface area contributed by atoms with Crippen molar-refractivity contribution in [1.82, 2.24) is 0 Å². The maximum Gasteiger partial charge on any atom is 0.187 e. The highest BCUT2D eigenvalue weighted by atomic mass is 32.1. The third-order valence-electron chi connectivity index (χ3n) is 1.01. The number of thiol groups is 1. The Morgan fingerprint density at radius 1 is 1.43 bits per heavy atom. The first kappa shape index (κ1) is 7.41. The topological polar surface area (TPSA) is 0 Å². The van der Waals surface area contributed by atoms with Crippen molar-refractivity contribution in [2.75, 3.05) is 0 Å². The molecular formula is C5H13BS. The summed E-state index contributed by atoms with van der Waals surface area (Å²) in [5.41, 5.74) is 0. The van der Waals surface area contributed by atoms with Crippen molar-refractivity contribution in [3.05, 3.63) is 0 Å². The Balaban J connectivity index is 2.45. The van der Waals surface area contributed by atoms with E-state index in [1.807, 2.05) is 0 Å². The van der Waals surface area contributed by atoms with Gasteiger partial charge in [-0.15, -0.1) is 0 Å². The van der Waals surface area contributed by atoms with Crippen LogP contribution in [0.25, 0.3) is 0 Å². The molecule has 0 spiro atoms. The van der Waals surface area contributed by atoms with E-state index in [0.29, 0.717) is 0 Å². The summed E-state index contributed by atoms with van der Waals surface area (Å²) in [5.74, 6) is 0. The van der Waals surface area contributed by atoms with Gasteiger partial charge in [-0.1, -0.05) is 32.5 Å². The molecule has 0 aromatic carbocycles. The molecule has 0 heterocycles. The Hall–Kier alpha value is 0.415. The van der Waals surface area contributed by atoms with Crippen molar-refractivity contribution in [2.24, 2.45) is 0 Å². The first-order chi connectivity index (χ1) is 3.41. The van der Waals surface area contributed by atoms with Crippen molar-refractivity contribution in [3.8, 4) is 0 Å². The zero-order chi connectivity index (χ0) is 5.54. The van der Waals surface area contributed by atoms with E-state index in [1.165, 1.54) is 25.6 Å². The number of rotatable bonds is 4. The van der Waals surface area contributed by atoms with Crippen molar-refractivity contribution >= 4 is 19.0 Å². The first-order valence-corrected chi connectivity index (χ1v) is 3.66. The van der Waals surface area contributed by atoms with Crippen molar-refractivity contribution in [3.63, 3.8) is 0 Å². The molecular weight excluding hydrogens is 103 g/mol. The van der Waals surface area contributed by atoms with Crippen molar-refractivity contribution < 1.29 is 0 Å². The first-order valence-electron chi connectivity index (χ1n) is 3.02. The second-order valence-corrected chi connectivity index (χ2v) is 2.23. The molecule has 0 radical (unpaired) electrons. The summed E-state index contributed by atoms with van der Waals surface area (Å²) in [6, 6.07) is 0. The number of hydrogen-bond donors (Lipinski definition) is 1. The van der Waals surface area contributed by atoms with Crippen LogP contribution in [0.15, 0.2) is 0 Å². The van der Waals surface area contributed by atoms with Gasteiger partial charge in [-0.3, -0.25) is 0 Å². The van der Waals surface area contributed by atoms with Crippen LogP contribution in [0.3, 0.4) is 0 Å². The lowest BCUT2D eigenvalue weighted by Gasteiger charge is -1.89. The maximum absolute atomic E-state index is 4.09. The Kier molecular flexibility index (Phi) is 6.80. The number of unbranched alkanes of at least 4 members (excludes halogenated alkanes) is 2. The van der Waals surface area contributed by atoms with Crippen molar-refractivity contribution in [1.29, 1.82) is 0 Å². The van der Waals surface area contributed by atoms with E-state index in [9.17, 15) is 0 Å². The zero-order valence-corrected chi connectivity index (χ0v) is 5.88. The summed E-state index contributed by atoms with van der Waals surface area (Å²) in [5, 5.41) is 0. The zero-order valence-electron chi connectivity index (χ0n) is 4.98. The van der Waals surface area contributed by atoms with Gasteiger partial charge in [0.15, 0.2) is 6.56 Å². The summed E-state index contributed by atoms with van der Waals surface area (Å²) in [4.78, 5) is 0. The minimum Gasteiger partial charge on any atom is -0.232 e. The van der Waals surface area contributed by atoms with Gasteiger partial charge in [-0.25, -0.2) is 12.5 Å². The van der Waals surface area contributed by atoms with E-state index in [4.69, 9.17) is 0 Å². The van der Waals surface area contributed by atoms with Crippen LogP contribution in [0, 0.1) is 0 Å². The fourth-order valence-corrected chi connectivity index (χ4v) is 0.762. The smallest absolute Gasteiger partial charge is 0.187 e. The standard InChI is InChI=1S/C5H13BS/c1-2-3-4-5-6-7/h6-7H,2-5H2,1H3. The van der Waals surface area contributed by atoms with Gasteiger partial charge < -0.3 is 0 Å². The van der Waals surface area contributed by atoms with Gasteiger partial charge in [-0.2, -0.15) is 0 Å². The van der Waals surface area contributed by atoms with Crippen LogP contribution in [0.2, 0.25) is 6.32 Å². The van der Waals surface area contributed by atoms with Gasteiger partial charge in [0.05, 0.1) is 0 Å². The molecule has 0 saturated carbocycles. The molecule has 0 aliphatic carbocycles. The monoisotopic (exact) mass is 116 g/mol. The third kappa shape index (κ3) is 6.41. The predicted octanol–water partition coefficient (Wildman–Crippen LogP) is 1.88. The van der Waals surface area contributed by atoms with Crippen LogP contribution >= 0.6 is 12.5 Å². The lowest BCUT2D eigenvalue weighted by atomic mass is 9.98. The minimum absolute atomic E-state index is 1.06. The van der Waals surface area contributed by atoms with E-state index >= 15 is 0 Å². The van der Waals surface area contributed by atoms with Crippen molar-refractivity contribution in [2.45, 2.75) is 32.5 Å². The van der Waals surface area contributed by atoms with Gasteiger partial charge >= 0.3 is 0 Å². The molecule has 0 atom stereocenters. The van der Waals surface area contributed by atoms with Crippen LogP contribution in [0.1, 0.15) is 26.2 Å². The highest BCUT2D eigenvalue weighted by molar-refractivity contribution is 8.06. The fourth-order valence-electron chi connectivity index (χ4n) is 0.539. The molecule has 42 valence electrons. The lowest BCUT2D eigenvalue weighted by molar-refractivity contribution is 0.770. The normalized spacial score (nSPS) is 8.86. The molecule has 0 amide bonds. The maximum atomic E-state index is 4.09. The highest BCUT2D eigenvalue weighted by Crippen LogP contribution is 1.98. The molecule has 0 aliphatic rings. The quantitative estimate of drug-likeness (QED) is 0.323. The molecule has 0 fully saturated rings. The second-order valence-electron chi connectivity index (χ2n) is 1.78. The second kappa shape index (κ2) is 6.41. The van der Waals surface area contributed by atoms with E-state index in [2.05, 4.69) is 19.4 Å². The Labute approximate surface area is 52.2 Å². The molecule has 0 unspecified atom stereocenters. The summed E-state index contributed by atoms with van der Waals surface area (Å²) >= 11 is 4.09. The SMILES string of the molecule is CCCCCBS.